The molecular weight excluding hydrogens is 501 g/mol. The molecule has 39 heavy (non-hydrogen) atoms. The molecular formula is C23H23B3N8O5. The van der Waals surface area contributed by atoms with Gasteiger partial charge in [0.2, 0.25) is 11.8 Å². The molecule has 13 nitrogen and oxygen atoms in total. The van der Waals surface area contributed by atoms with Crippen LogP contribution in [-0.2, 0) is 16.1 Å². The lowest BCUT2D eigenvalue weighted by Gasteiger charge is -2.23. The van der Waals surface area contributed by atoms with Crippen LogP contribution in [-0.4, -0.2) is 85.9 Å². The molecule has 0 saturated heterocycles. The second-order valence-electron chi connectivity index (χ2n) is 9.04. The number of rotatable bonds is 10. The van der Waals surface area contributed by atoms with Crippen molar-refractivity contribution in [2.24, 2.45) is 5.92 Å². The Labute approximate surface area is 228 Å². The highest BCUT2D eigenvalue weighted by Gasteiger charge is 2.30. The van der Waals surface area contributed by atoms with E-state index in [0.29, 0.717) is 22.8 Å². The number of para-hydroxylation sites is 1. The van der Waals surface area contributed by atoms with Gasteiger partial charge in [-0.25, -0.2) is 0 Å². The largest absolute Gasteiger partial charge is 0.494 e. The van der Waals surface area contributed by atoms with Gasteiger partial charge in [0.15, 0.2) is 23.1 Å². The highest BCUT2D eigenvalue weighted by molar-refractivity contribution is 6.60. The quantitative estimate of drug-likeness (QED) is 0.318. The number of ether oxygens (including phenoxy) is 1. The van der Waals surface area contributed by atoms with Crippen molar-refractivity contribution in [1.29, 1.82) is 0 Å². The molecule has 0 spiro atoms. The summed E-state index contributed by atoms with van der Waals surface area (Å²) in [6.07, 6.45) is 1.59. The Balaban J connectivity index is 1.68. The lowest BCUT2D eigenvalue weighted by Crippen LogP contribution is -2.50. The van der Waals surface area contributed by atoms with Crippen LogP contribution in [0.15, 0.2) is 28.8 Å². The number of aromatic nitrogens is 4. The second-order valence-corrected chi connectivity index (χ2v) is 9.04. The standard InChI is InChI=1S/C23H23B3N8O5/c1-11(35)34(2)10-17-29-22(39-33-17)13-5-4-6-14(19(13)38-3)27-15-9-16(28-20(36)12-7-8-12)31-32-18(15)21(37)30-23(24,25)26/h4-6,9,12H,7-8,10H2,1-3H3,(H,30,37)(H2,27,28,31,36). The van der Waals surface area contributed by atoms with Crippen LogP contribution in [0.5, 0.6) is 5.75 Å². The highest BCUT2D eigenvalue weighted by Crippen LogP contribution is 2.38. The van der Waals surface area contributed by atoms with Crippen LogP contribution in [0, 0.1) is 5.92 Å². The molecule has 3 N–H and O–H groups in total. The number of amides is 3. The number of hydrogen-bond acceptors (Lipinski definition) is 10. The minimum absolute atomic E-state index is 0.0789. The van der Waals surface area contributed by atoms with E-state index in [-0.39, 0.29) is 47.4 Å². The SMILES string of the molecule is [B]C([B])([B])NC(=O)c1nnc(NC(=O)C2CC2)cc1Nc1cccc(-c2nc(CN(C)C(C)=O)no2)c1OC. The predicted molar refractivity (Wildman–Crippen MR) is 143 cm³/mol. The van der Waals surface area contributed by atoms with Gasteiger partial charge in [-0.3, -0.25) is 14.4 Å². The molecule has 3 aromatic rings. The Hall–Kier alpha value is -4.36. The Morgan fingerprint density at radius 2 is 1.92 bits per heavy atom. The summed E-state index contributed by atoms with van der Waals surface area (Å²) in [6.45, 7) is 1.58. The highest BCUT2D eigenvalue weighted by atomic mass is 16.5. The number of hydrogen-bond donors (Lipinski definition) is 3. The summed E-state index contributed by atoms with van der Waals surface area (Å²) in [4.78, 5) is 42.4. The van der Waals surface area contributed by atoms with Crippen molar-refractivity contribution in [2.45, 2.75) is 31.5 Å². The number of nitrogens with zero attached hydrogens (tertiary/aromatic N) is 5. The van der Waals surface area contributed by atoms with Gasteiger partial charge >= 0.3 is 0 Å². The molecule has 0 atom stereocenters. The van der Waals surface area contributed by atoms with E-state index >= 15 is 0 Å². The van der Waals surface area contributed by atoms with Gasteiger partial charge in [0.1, 0.15) is 0 Å². The molecule has 2 heterocycles. The van der Waals surface area contributed by atoms with Gasteiger partial charge in [0, 0.05) is 26.0 Å². The molecule has 1 aliphatic rings. The molecule has 0 unspecified atom stereocenters. The maximum Gasteiger partial charge on any atom is 0.272 e. The molecule has 1 aromatic carbocycles. The summed E-state index contributed by atoms with van der Waals surface area (Å²) in [7, 11) is 19.6. The maximum absolute atomic E-state index is 12.8. The normalized spacial score (nSPS) is 12.9. The lowest BCUT2D eigenvalue weighted by molar-refractivity contribution is -0.128. The molecule has 16 heteroatoms. The van der Waals surface area contributed by atoms with Crippen molar-refractivity contribution in [3.63, 3.8) is 0 Å². The Morgan fingerprint density at radius 3 is 2.56 bits per heavy atom. The Bertz CT molecular complexity index is 1410. The fraction of sp³-hybridized carbons (Fsp3) is 0.348. The third kappa shape index (κ3) is 6.95. The third-order valence-electron chi connectivity index (χ3n) is 5.64. The number of benzene rings is 1. The van der Waals surface area contributed by atoms with E-state index in [0.717, 1.165) is 12.8 Å². The number of carbonyl (C=O) groups is 3. The summed E-state index contributed by atoms with van der Waals surface area (Å²) in [5.41, 5.74) is 0.760. The fourth-order valence-electron chi connectivity index (χ4n) is 3.47. The van der Waals surface area contributed by atoms with Crippen LogP contribution < -0.4 is 20.7 Å². The predicted octanol–water partition coefficient (Wildman–Crippen LogP) is 0.452. The van der Waals surface area contributed by atoms with Crippen molar-refractivity contribution in [2.75, 3.05) is 24.8 Å². The summed E-state index contributed by atoms with van der Waals surface area (Å²) < 4.78 is 11.0. The van der Waals surface area contributed by atoms with Gasteiger partial charge in [-0.1, -0.05) is 16.5 Å². The Morgan fingerprint density at radius 1 is 1.18 bits per heavy atom. The first kappa shape index (κ1) is 27.7. The lowest BCUT2D eigenvalue weighted by atomic mass is 9.49. The van der Waals surface area contributed by atoms with Crippen LogP contribution >= 0.6 is 0 Å². The number of carbonyl (C=O) groups excluding carboxylic acids is 3. The van der Waals surface area contributed by atoms with Crippen LogP contribution in [0.2, 0.25) is 0 Å². The fourth-order valence-corrected chi connectivity index (χ4v) is 3.47. The molecule has 0 aliphatic heterocycles. The topological polar surface area (TPSA) is 164 Å². The second kappa shape index (κ2) is 11.2. The molecule has 4 rings (SSSR count). The van der Waals surface area contributed by atoms with Crippen molar-refractivity contribution in [3.05, 3.63) is 35.8 Å². The first-order valence-corrected chi connectivity index (χ1v) is 11.8. The van der Waals surface area contributed by atoms with Gasteiger partial charge in [-0.05, 0) is 25.0 Å². The van der Waals surface area contributed by atoms with Gasteiger partial charge in [-0.15, -0.1) is 10.2 Å². The first-order valence-electron chi connectivity index (χ1n) is 11.8. The van der Waals surface area contributed by atoms with Crippen molar-refractivity contribution in [1.82, 2.24) is 30.6 Å². The van der Waals surface area contributed by atoms with E-state index in [1.165, 1.54) is 25.0 Å². The van der Waals surface area contributed by atoms with E-state index in [1.807, 2.05) is 0 Å². The van der Waals surface area contributed by atoms with E-state index in [1.54, 1.807) is 25.2 Å². The molecule has 3 amide bonds. The molecule has 0 bridgehead atoms. The van der Waals surface area contributed by atoms with Crippen molar-refractivity contribution < 1.29 is 23.6 Å². The molecule has 194 valence electrons. The smallest absolute Gasteiger partial charge is 0.272 e. The summed E-state index contributed by atoms with van der Waals surface area (Å²) in [5.74, 6) is -0.384. The zero-order valence-corrected chi connectivity index (χ0v) is 21.5. The maximum atomic E-state index is 12.8. The average Bonchev–Trinajstić information content (AvgIpc) is 3.62. The van der Waals surface area contributed by atoms with E-state index in [2.05, 4.69) is 36.3 Å². The molecule has 6 radical (unpaired) electrons. The van der Waals surface area contributed by atoms with E-state index < -0.39 is 11.1 Å². The van der Waals surface area contributed by atoms with Crippen LogP contribution in [0.4, 0.5) is 17.2 Å². The number of methoxy groups -OCH3 is 1. The number of anilines is 3. The summed E-state index contributed by atoms with van der Waals surface area (Å²) >= 11 is 0. The van der Waals surface area contributed by atoms with Crippen LogP contribution in [0.1, 0.15) is 36.1 Å². The first-order chi connectivity index (χ1) is 18.4. The zero-order valence-electron chi connectivity index (χ0n) is 21.5. The number of nitrogens with one attached hydrogen (secondary N) is 3. The van der Waals surface area contributed by atoms with Gasteiger partial charge in [0.05, 0.1) is 54.1 Å². The minimum atomic E-state index is -2.02. The third-order valence-corrected chi connectivity index (χ3v) is 5.64. The van der Waals surface area contributed by atoms with E-state index in [9.17, 15) is 14.4 Å². The Kier molecular flexibility index (Phi) is 7.93. The van der Waals surface area contributed by atoms with Crippen LogP contribution in [0.3, 0.4) is 0 Å². The van der Waals surface area contributed by atoms with Crippen LogP contribution in [0.25, 0.3) is 11.5 Å². The summed E-state index contributed by atoms with van der Waals surface area (Å²) in [5, 5.41) is 17.8. The monoisotopic (exact) mass is 524 g/mol. The average molecular weight is 524 g/mol. The molecule has 1 saturated carbocycles. The minimum Gasteiger partial charge on any atom is -0.494 e. The van der Waals surface area contributed by atoms with Gasteiger partial charge in [-0.2, -0.15) is 4.98 Å². The molecule has 1 aliphatic carbocycles. The van der Waals surface area contributed by atoms with Gasteiger partial charge in [0.25, 0.3) is 11.8 Å². The van der Waals surface area contributed by atoms with Crippen molar-refractivity contribution in [3.8, 4) is 17.2 Å². The zero-order chi connectivity index (χ0) is 28.3. The summed E-state index contributed by atoms with van der Waals surface area (Å²) in [6, 6.07) is 6.50. The molecule has 2 aromatic heterocycles. The molecule has 1 fully saturated rings. The van der Waals surface area contributed by atoms with Crippen molar-refractivity contribution >= 4 is 58.5 Å². The van der Waals surface area contributed by atoms with Gasteiger partial charge < -0.3 is 30.1 Å². The van der Waals surface area contributed by atoms with E-state index in [4.69, 9.17) is 32.8 Å².